The lowest BCUT2D eigenvalue weighted by Crippen LogP contribution is -2.16. The zero-order valence-electron chi connectivity index (χ0n) is 12.6. The number of carbonyl (C=O) groups excluding carboxylic acids is 1. The second kappa shape index (κ2) is 5.73. The summed E-state index contributed by atoms with van der Waals surface area (Å²) in [5.41, 5.74) is 3.76. The van der Waals surface area contributed by atoms with E-state index in [0.717, 1.165) is 20.3 Å². The number of carbonyl (C=O) groups is 1. The van der Waals surface area contributed by atoms with E-state index in [1.165, 1.54) is 0 Å². The highest BCUT2D eigenvalue weighted by Crippen LogP contribution is 2.31. The summed E-state index contributed by atoms with van der Waals surface area (Å²) in [6.45, 7) is 0. The van der Waals surface area contributed by atoms with Crippen LogP contribution >= 0.6 is 15.9 Å². The van der Waals surface area contributed by atoms with Crippen LogP contribution in [0, 0.1) is 5.21 Å². The third kappa shape index (κ3) is 2.36. The normalized spacial score (nSPS) is 13.3. The van der Waals surface area contributed by atoms with Crippen molar-refractivity contribution in [3.63, 3.8) is 0 Å². The highest BCUT2D eigenvalue weighted by molar-refractivity contribution is 9.10. The van der Waals surface area contributed by atoms with Crippen LogP contribution in [0.15, 0.2) is 77.3 Å². The summed E-state index contributed by atoms with van der Waals surface area (Å²) in [4.78, 5) is 12.6. The highest BCUT2D eigenvalue weighted by atomic mass is 79.9. The summed E-state index contributed by atoms with van der Waals surface area (Å²) in [6.07, 6.45) is 0. The number of nitrogens with zero attached hydrogens (tertiary/aromatic N) is 1. The first-order valence-electron chi connectivity index (χ1n) is 7.49. The monoisotopic (exact) mass is 377 g/mol. The molecule has 116 valence electrons. The van der Waals surface area contributed by atoms with Gasteiger partial charge in [-0.1, -0.05) is 58.4 Å². The van der Waals surface area contributed by atoms with Gasteiger partial charge in [-0.2, -0.15) is 4.74 Å². The number of hydrogen-bond donors (Lipinski definition) is 0. The third-order valence-corrected chi connectivity index (χ3v) is 4.60. The Morgan fingerprint density at radius 1 is 0.792 bits per heavy atom. The van der Waals surface area contributed by atoms with Crippen LogP contribution < -0.4 is 0 Å². The number of benzene rings is 3. The third-order valence-electron chi connectivity index (χ3n) is 4.11. The van der Waals surface area contributed by atoms with Crippen molar-refractivity contribution in [3.8, 4) is 11.1 Å². The van der Waals surface area contributed by atoms with E-state index in [4.69, 9.17) is 0 Å². The number of Topliss-reactive ketones (excluding diaryl/α,β-unsaturated/α-hetero) is 1. The summed E-state index contributed by atoms with van der Waals surface area (Å²) in [6, 6.07) is 22.6. The first-order chi connectivity index (χ1) is 11.6. The number of fused-ring (bicyclic) bond motifs is 1. The molecule has 0 spiro atoms. The Labute approximate surface area is 147 Å². The van der Waals surface area contributed by atoms with E-state index < -0.39 is 0 Å². The summed E-state index contributed by atoms with van der Waals surface area (Å²) in [5.74, 6) is -0.242. The second-order valence-electron chi connectivity index (χ2n) is 5.58. The van der Waals surface area contributed by atoms with Crippen LogP contribution in [0.5, 0.6) is 0 Å². The van der Waals surface area contributed by atoms with Crippen molar-refractivity contribution < 1.29 is 9.53 Å². The van der Waals surface area contributed by atoms with Gasteiger partial charge in [-0.3, -0.25) is 4.79 Å². The minimum atomic E-state index is -0.242. The van der Waals surface area contributed by atoms with Crippen molar-refractivity contribution in [1.82, 2.24) is 0 Å². The lowest BCUT2D eigenvalue weighted by atomic mass is 9.99. The van der Waals surface area contributed by atoms with Crippen molar-refractivity contribution in [3.05, 3.63) is 93.6 Å². The predicted octanol–water partition coefficient (Wildman–Crippen LogP) is 4.94. The van der Waals surface area contributed by atoms with Crippen molar-refractivity contribution in [2.45, 2.75) is 0 Å². The molecule has 0 saturated heterocycles. The first-order valence-corrected chi connectivity index (χ1v) is 8.29. The SMILES string of the molecule is O=C1C(c2ccc(-c3ccccc3)cc2)=[N+]([O-])c2ccc(Br)cc21. The molecule has 3 aromatic carbocycles. The Morgan fingerprint density at radius 3 is 2.12 bits per heavy atom. The molecule has 0 unspecified atom stereocenters. The molecule has 4 rings (SSSR count). The number of ketones is 1. The fraction of sp³-hybridized carbons (Fsp3) is 0. The molecule has 1 heterocycles. The fourth-order valence-corrected chi connectivity index (χ4v) is 3.27. The largest absolute Gasteiger partial charge is 0.618 e. The summed E-state index contributed by atoms with van der Waals surface area (Å²) >= 11 is 3.34. The molecule has 0 aromatic heterocycles. The van der Waals surface area contributed by atoms with Crippen LogP contribution in [0.2, 0.25) is 0 Å². The predicted molar refractivity (Wildman–Crippen MR) is 97.7 cm³/mol. The maximum absolute atomic E-state index is 12.6. The van der Waals surface area contributed by atoms with Gasteiger partial charge in [0, 0.05) is 10.5 Å². The number of hydrogen-bond acceptors (Lipinski definition) is 2. The van der Waals surface area contributed by atoms with Crippen LogP contribution in [0.4, 0.5) is 5.69 Å². The Morgan fingerprint density at radius 2 is 1.42 bits per heavy atom. The number of rotatable bonds is 2. The zero-order valence-corrected chi connectivity index (χ0v) is 14.2. The van der Waals surface area contributed by atoms with Crippen LogP contribution in [0.1, 0.15) is 15.9 Å². The van der Waals surface area contributed by atoms with Crippen LogP contribution in [0.3, 0.4) is 0 Å². The van der Waals surface area contributed by atoms with E-state index in [2.05, 4.69) is 15.9 Å². The van der Waals surface area contributed by atoms with Crippen LogP contribution in [-0.4, -0.2) is 16.2 Å². The summed E-state index contributed by atoms with van der Waals surface area (Å²) < 4.78 is 1.51. The molecule has 3 nitrogen and oxygen atoms in total. The van der Waals surface area contributed by atoms with Gasteiger partial charge in [0.1, 0.15) is 5.56 Å². The van der Waals surface area contributed by atoms with Gasteiger partial charge in [-0.15, -0.1) is 0 Å². The molecule has 0 bridgehead atoms. The maximum Gasteiger partial charge on any atom is 0.272 e. The molecule has 0 N–H and O–H groups in total. The topological polar surface area (TPSA) is 43.1 Å². The van der Waals surface area contributed by atoms with Crippen molar-refractivity contribution in [2.75, 3.05) is 0 Å². The molecule has 1 aliphatic heterocycles. The molecule has 0 atom stereocenters. The average molecular weight is 378 g/mol. The quantitative estimate of drug-likeness (QED) is 0.468. The molecular weight excluding hydrogens is 366 g/mol. The second-order valence-corrected chi connectivity index (χ2v) is 6.49. The van der Waals surface area contributed by atoms with Gasteiger partial charge < -0.3 is 5.21 Å². The number of halogens is 1. The van der Waals surface area contributed by atoms with Crippen LogP contribution in [0.25, 0.3) is 11.1 Å². The van der Waals surface area contributed by atoms with E-state index in [9.17, 15) is 10.0 Å². The molecule has 24 heavy (non-hydrogen) atoms. The smallest absolute Gasteiger partial charge is 0.272 e. The highest BCUT2D eigenvalue weighted by Gasteiger charge is 2.36. The minimum absolute atomic E-state index is 0.169. The van der Waals surface area contributed by atoms with Crippen molar-refractivity contribution in [1.29, 1.82) is 0 Å². The molecule has 0 amide bonds. The molecule has 0 saturated carbocycles. The van der Waals surface area contributed by atoms with E-state index in [1.807, 2.05) is 54.6 Å². The molecule has 0 radical (unpaired) electrons. The first kappa shape index (κ1) is 14.8. The molecule has 3 aromatic rings. The molecular formula is C20H12BrNO2. The van der Waals surface area contributed by atoms with Gasteiger partial charge in [0.15, 0.2) is 0 Å². The average Bonchev–Trinajstić information content (AvgIpc) is 2.86. The zero-order chi connectivity index (χ0) is 16.7. The van der Waals surface area contributed by atoms with E-state index in [0.29, 0.717) is 16.8 Å². The standard InChI is InChI=1S/C20H12BrNO2/c21-16-10-11-18-17(12-16)20(23)19(22(18)24)15-8-6-14(7-9-15)13-4-2-1-3-5-13/h1-12H. The maximum atomic E-state index is 12.6. The molecule has 0 aliphatic carbocycles. The van der Waals surface area contributed by atoms with E-state index >= 15 is 0 Å². The fourth-order valence-electron chi connectivity index (χ4n) is 2.91. The van der Waals surface area contributed by atoms with Gasteiger partial charge in [-0.25, -0.2) is 0 Å². The molecule has 0 fully saturated rings. The van der Waals surface area contributed by atoms with Gasteiger partial charge in [-0.05, 0) is 35.4 Å². The van der Waals surface area contributed by atoms with E-state index in [1.54, 1.807) is 18.2 Å². The lowest BCUT2D eigenvalue weighted by molar-refractivity contribution is -0.355. The van der Waals surface area contributed by atoms with Gasteiger partial charge in [0.05, 0.1) is 5.56 Å². The summed E-state index contributed by atoms with van der Waals surface area (Å²) in [7, 11) is 0. The molecule has 1 aliphatic rings. The van der Waals surface area contributed by atoms with Gasteiger partial charge in [0.25, 0.3) is 11.5 Å². The Balaban J connectivity index is 1.75. The lowest BCUT2D eigenvalue weighted by Gasteiger charge is -2.04. The Bertz CT molecular complexity index is 976. The van der Waals surface area contributed by atoms with Crippen molar-refractivity contribution >= 4 is 33.1 Å². The van der Waals surface area contributed by atoms with Crippen molar-refractivity contribution in [2.24, 2.45) is 0 Å². The van der Waals surface area contributed by atoms with Gasteiger partial charge in [0.2, 0.25) is 5.69 Å². The van der Waals surface area contributed by atoms with E-state index in [-0.39, 0.29) is 11.5 Å². The van der Waals surface area contributed by atoms with Gasteiger partial charge >= 0.3 is 0 Å². The summed E-state index contributed by atoms with van der Waals surface area (Å²) in [5, 5.41) is 12.5. The Hall–Kier alpha value is -2.72. The minimum Gasteiger partial charge on any atom is -0.618 e. The Kier molecular flexibility index (Phi) is 3.54. The van der Waals surface area contributed by atoms with Crippen LogP contribution in [-0.2, 0) is 0 Å². The molecule has 4 heteroatoms.